The van der Waals surface area contributed by atoms with E-state index in [1.54, 1.807) is 18.1 Å². The van der Waals surface area contributed by atoms with E-state index < -0.39 is 0 Å². The van der Waals surface area contributed by atoms with Gasteiger partial charge in [0.1, 0.15) is 5.75 Å². The number of amidine groups is 1. The van der Waals surface area contributed by atoms with E-state index in [1.807, 2.05) is 55.5 Å². The normalized spacial score (nSPS) is 17.6. The van der Waals surface area contributed by atoms with Gasteiger partial charge in [-0.15, -0.1) is 0 Å². The number of carbonyl (C=O) groups is 1. The molecule has 0 unspecified atom stereocenters. The van der Waals surface area contributed by atoms with Gasteiger partial charge in [0.15, 0.2) is 5.17 Å². The molecule has 1 saturated heterocycles. The number of methoxy groups -OCH3 is 1. The lowest BCUT2D eigenvalue weighted by atomic mass is 10.2. The molecule has 3 rings (SSSR count). The van der Waals surface area contributed by atoms with Crippen molar-refractivity contribution in [1.29, 1.82) is 0 Å². The number of nitrogens with zero attached hydrogens (tertiary/aromatic N) is 2. The van der Waals surface area contributed by atoms with Gasteiger partial charge < -0.3 is 4.74 Å². The summed E-state index contributed by atoms with van der Waals surface area (Å²) in [6, 6.07) is 14.9. The molecular weight excluding hydrogens is 356 g/mol. The maximum absolute atomic E-state index is 12.6. The fourth-order valence-corrected chi connectivity index (χ4v) is 3.60. The molecule has 6 heteroatoms. The van der Waals surface area contributed by atoms with Gasteiger partial charge in [0, 0.05) is 6.54 Å². The van der Waals surface area contributed by atoms with E-state index in [-0.39, 0.29) is 5.91 Å². The second kappa shape index (κ2) is 7.76. The Morgan fingerprint density at radius 3 is 2.56 bits per heavy atom. The first-order valence-corrected chi connectivity index (χ1v) is 9.00. The smallest absolute Gasteiger partial charge is 0.266 e. The number of halogens is 1. The number of hydrogen-bond acceptors (Lipinski definition) is 4. The average Bonchev–Trinajstić information content (AvgIpc) is 2.92. The van der Waals surface area contributed by atoms with Crippen LogP contribution >= 0.6 is 23.4 Å². The number of benzene rings is 2. The third-order valence-electron chi connectivity index (χ3n) is 3.69. The van der Waals surface area contributed by atoms with Gasteiger partial charge in [-0.1, -0.05) is 35.9 Å². The Labute approximate surface area is 156 Å². The van der Waals surface area contributed by atoms with Crippen LogP contribution in [0.4, 0.5) is 5.69 Å². The minimum absolute atomic E-state index is 0.0471. The summed E-state index contributed by atoms with van der Waals surface area (Å²) in [7, 11) is 1.63. The summed E-state index contributed by atoms with van der Waals surface area (Å²) in [6.45, 7) is 2.48. The third kappa shape index (κ3) is 3.89. The molecule has 1 aliphatic rings. The maximum Gasteiger partial charge on any atom is 0.266 e. The van der Waals surface area contributed by atoms with Crippen LogP contribution in [0, 0.1) is 0 Å². The van der Waals surface area contributed by atoms with Crippen LogP contribution in [-0.2, 0) is 4.79 Å². The fourth-order valence-electron chi connectivity index (χ4n) is 2.37. The van der Waals surface area contributed by atoms with Crippen LogP contribution in [0.15, 0.2) is 58.4 Å². The number of amides is 1. The molecule has 1 heterocycles. The van der Waals surface area contributed by atoms with Gasteiger partial charge in [0.05, 0.1) is 22.7 Å². The van der Waals surface area contributed by atoms with Crippen molar-refractivity contribution in [3.8, 4) is 5.75 Å². The SMILES string of the molecule is CCN1C(=O)/C(=C\c2ccc(OC)cc2)SC1=Nc1ccccc1Cl. The summed E-state index contributed by atoms with van der Waals surface area (Å²) in [5.74, 6) is 0.734. The Morgan fingerprint density at radius 2 is 1.92 bits per heavy atom. The van der Waals surface area contributed by atoms with Gasteiger partial charge in [-0.05, 0) is 54.6 Å². The highest BCUT2D eigenvalue weighted by Crippen LogP contribution is 2.35. The Bertz CT molecular complexity index is 847. The van der Waals surface area contributed by atoms with Crippen LogP contribution in [0.5, 0.6) is 5.75 Å². The average molecular weight is 373 g/mol. The van der Waals surface area contributed by atoms with Crippen molar-refractivity contribution in [2.75, 3.05) is 13.7 Å². The molecule has 0 bridgehead atoms. The number of thioether (sulfide) groups is 1. The van der Waals surface area contributed by atoms with E-state index in [2.05, 4.69) is 4.99 Å². The van der Waals surface area contributed by atoms with Gasteiger partial charge >= 0.3 is 0 Å². The largest absolute Gasteiger partial charge is 0.497 e. The zero-order valence-electron chi connectivity index (χ0n) is 13.9. The maximum atomic E-state index is 12.6. The molecule has 1 amide bonds. The molecule has 0 spiro atoms. The van der Waals surface area contributed by atoms with E-state index in [9.17, 15) is 4.79 Å². The lowest BCUT2D eigenvalue weighted by molar-refractivity contribution is -0.122. The Kier molecular flexibility index (Phi) is 5.46. The molecule has 4 nitrogen and oxygen atoms in total. The Balaban J connectivity index is 1.91. The van der Waals surface area contributed by atoms with Gasteiger partial charge in [-0.2, -0.15) is 0 Å². The molecule has 2 aromatic rings. The molecule has 1 fully saturated rings. The van der Waals surface area contributed by atoms with E-state index in [0.29, 0.717) is 27.3 Å². The lowest BCUT2D eigenvalue weighted by Gasteiger charge is -2.12. The zero-order chi connectivity index (χ0) is 17.8. The number of ether oxygens (including phenoxy) is 1. The Morgan fingerprint density at radius 1 is 1.20 bits per heavy atom. The van der Waals surface area contributed by atoms with E-state index in [4.69, 9.17) is 16.3 Å². The van der Waals surface area contributed by atoms with Crippen molar-refractivity contribution < 1.29 is 9.53 Å². The highest BCUT2D eigenvalue weighted by atomic mass is 35.5. The number of para-hydroxylation sites is 1. The molecule has 0 atom stereocenters. The molecule has 25 heavy (non-hydrogen) atoms. The summed E-state index contributed by atoms with van der Waals surface area (Å²) in [6.07, 6.45) is 1.87. The topological polar surface area (TPSA) is 41.9 Å². The van der Waals surface area contributed by atoms with Crippen LogP contribution in [0.25, 0.3) is 6.08 Å². The van der Waals surface area contributed by atoms with Crippen molar-refractivity contribution in [3.63, 3.8) is 0 Å². The van der Waals surface area contributed by atoms with Crippen molar-refractivity contribution >= 4 is 46.2 Å². The molecule has 2 aromatic carbocycles. The van der Waals surface area contributed by atoms with Gasteiger partial charge in [0.25, 0.3) is 5.91 Å². The first kappa shape index (κ1) is 17.6. The van der Waals surface area contributed by atoms with E-state index in [0.717, 1.165) is 11.3 Å². The second-order valence-corrected chi connectivity index (χ2v) is 6.70. The standard InChI is InChI=1S/C19H17ClN2O2S/c1-3-22-18(23)17(12-13-8-10-14(24-2)11-9-13)25-19(22)21-16-7-5-4-6-15(16)20/h4-12H,3H2,1-2H3/b17-12+,21-19?. The molecular formula is C19H17ClN2O2S. The number of likely N-dealkylation sites (N-methyl/N-ethyl adjacent to an activating group) is 1. The van der Waals surface area contributed by atoms with Crippen LogP contribution in [0.2, 0.25) is 5.02 Å². The first-order valence-electron chi connectivity index (χ1n) is 7.81. The van der Waals surface area contributed by atoms with Gasteiger partial charge in [0.2, 0.25) is 0 Å². The molecule has 0 radical (unpaired) electrons. The molecule has 0 aromatic heterocycles. The summed E-state index contributed by atoms with van der Waals surface area (Å²) in [4.78, 5) is 19.5. The van der Waals surface area contributed by atoms with E-state index in [1.165, 1.54) is 11.8 Å². The van der Waals surface area contributed by atoms with Crippen molar-refractivity contribution in [2.45, 2.75) is 6.92 Å². The number of aliphatic imine (C=N–C) groups is 1. The summed E-state index contributed by atoms with van der Waals surface area (Å²) in [5, 5.41) is 1.20. The molecule has 0 N–H and O–H groups in total. The van der Waals surface area contributed by atoms with Crippen LogP contribution < -0.4 is 4.74 Å². The summed E-state index contributed by atoms with van der Waals surface area (Å²) >= 11 is 7.54. The lowest BCUT2D eigenvalue weighted by Crippen LogP contribution is -2.28. The summed E-state index contributed by atoms with van der Waals surface area (Å²) in [5.41, 5.74) is 1.59. The van der Waals surface area contributed by atoms with E-state index >= 15 is 0 Å². The first-order chi connectivity index (χ1) is 12.1. The van der Waals surface area contributed by atoms with Crippen LogP contribution in [-0.4, -0.2) is 29.6 Å². The number of hydrogen-bond donors (Lipinski definition) is 0. The van der Waals surface area contributed by atoms with Crippen LogP contribution in [0.3, 0.4) is 0 Å². The van der Waals surface area contributed by atoms with Gasteiger partial charge in [-0.3, -0.25) is 9.69 Å². The van der Waals surface area contributed by atoms with Crippen LogP contribution in [0.1, 0.15) is 12.5 Å². The minimum Gasteiger partial charge on any atom is -0.497 e. The molecule has 0 aliphatic carbocycles. The van der Waals surface area contributed by atoms with Crippen molar-refractivity contribution in [2.24, 2.45) is 4.99 Å². The fraction of sp³-hybridized carbons (Fsp3) is 0.158. The quantitative estimate of drug-likeness (QED) is 0.711. The predicted molar refractivity (Wildman–Crippen MR) is 104 cm³/mol. The summed E-state index contributed by atoms with van der Waals surface area (Å²) < 4.78 is 5.16. The molecule has 0 saturated carbocycles. The second-order valence-electron chi connectivity index (χ2n) is 5.28. The monoisotopic (exact) mass is 372 g/mol. The zero-order valence-corrected chi connectivity index (χ0v) is 15.5. The predicted octanol–water partition coefficient (Wildman–Crippen LogP) is 4.97. The van der Waals surface area contributed by atoms with Gasteiger partial charge in [-0.25, -0.2) is 4.99 Å². The van der Waals surface area contributed by atoms with Crippen molar-refractivity contribution in [1.82, 2.24) is 4.90 Å². The number of carbonyl (C=O) groups excluding carboxylic acids is 1. The number of rotatable bonds is 4. The highest BCUT2D eigenvalue weighted by Gasteiger charge is 2.32. The third-order valence-corrected chi connectivity index (χ3v) is 5.01. The molecule has 128 valence electrons. The minimum atomic E-state index is -0.0471. The molecule has 1 aliphatic heterocycles. The Hall–Kier alpha value is -2.24. The highest BCUT2D eigenvalue weighted by molar-refractivity contribution is 8.18. The van der Waals surface area contributed by atoms with Crippen molar-refractivity contribution in [3.05, 3.63) is 64.0 Å².